The maximum atomic E-state index is 6.16. The van der Waals surface area contributed by atoms with Gasteiger partial charge in [0.15, 0.2) is 5.16 Å². The smallest absolute Gasteiger partial charge is 0.190 e. The second-order valence-electron chi connectivity index (χ2n) is 4.38. The quantitative estimate of drug-likeness (QED) is 0.618. The summed E-state index contributed by atoms with van der Waals surface area (Å²) in [5, 5.41) is 5.15. The topological polar surface area (TPSA) is 63.8 Å². The third-order valence-corrected chi connectivity index (χ3v) is 4.27. The minimum Gasteiger partial charge on any atom is -0.369 e. The van der Waals surface area contributed by atoms with Gasteiger partial charge in [-0.1, -0.05) is 41.0 Å². The van der Waals surface area contributed by atoms with Gasteiger partial charge in [0.05, 0.1) is 0 Å². The molecule has 0 aliphatic carbocycles. The fraction of sp³-hybridized carbons (Fsp3) is 0.286. The zero-order valence-electron chi connectivity index (χ0n) is 11.6. The zero-order chi connectivity index (χ0) is 15.2. The molecule has 0 fully saturated rings. The number of rotatable bonds is 6. The van der Waals surface area contributed by atoms with Crippen LogP contribution in [0.15, 0.2) is 29.4 Å². The van der Waals surface area contributed by atoms with Crippen LogP contribution in [-0.4, -0.2) is 23.1 Å². The van der Waals surface area contributed by atoms with Crippen LogP contribution in [0.5, 0.6) is 0 Å². The number of anilines is 1. The Labute approximate surface area is 138 Å². The van der Waals surface area contributed by atoms with Gasteiger partial charge in [0.25, 0.3) is 0 Å². The lowest BCUT2D eigenvalue weighted by Gasteiger charge is -2.09. The van der Waals surface area contributed by atoms with E-state index >= 15 is 0 Å². The average Bonchev–Trinajstić information content (AvgIpc) is 2.44. The molecular weight excluding hydrogens is 327 g/mol. The van der Waals surface area contributed by atoms with Crippen molar-refractivity contribution in [1.82, 2.24) is 9.97 Å². The molecule has 2 rings (SSSR count). The molecule has 0 spiro atoms. The molecule has 0 atom stereocenters. The van der Waals surface area contributed by atoms with Gasteiger partial charge in [-0.05, 0) is 24.6 Å². The molecule has 0 amide bonds. The molecule has 0 aliphatic heterocycles. The van der Waals surface area contributed by atoms with Crippen LogP contribution in [0.25, 0.3) is 0 Å². The lowest BCUT2D eigenvalue weighted by atomic mass is 10.2. The summed E-state index contributed by atoms with van der Waals surface area (Å²) in [6.45, 7) is 3.17. The number of aryl methyl sites for hydroxylation is 1. The highest BCUT2D eigenvalue weighted by molar-refractivity contribution is 7.98. The van der Waals surface area contributed by atoms with Crippen LogP contribution >= 0.6 is 35.0 Å². The van der Waals surface area contributed by atoms with Gasteiger partial charge in [0, 0.05) is 40.6 Å². The molecule has 2 aromatic rings. The molecule has 4 nitrogen and oxygen atoms in total. The lowest BCUT2D eigenvalue weighted by Crippen LogP contribution is -2.14. The van der Waals surface area contributed by atoms with Crippen LogP contribution in [0.2, 0.25) is 10.0 Å². The molecule has 21 heavy (non-hydrogen) atoms. The highest BCUT2D eigenvalue weighted by atomic mass is 35.5. The van der Waals surface area contributed by atoms with Gasteiger partial charge in [-0.2, -0.15) is 0 Å². The molecule has 112 valence electrons. The summed E-state index contributed by atoms with van der Waals surface area (Å²) in [4.78, 5) is 8.86. The molecule has 0 radical (unpaired) electrons. The summed E-state index contributed by atoms with van der Waals surface area (Å²) in [6.07, 6.45) is 0. The second kappa shape index (κ2) is 7.84. The molecule has 1 aromatic heterocycles. The van der Waals surface area contributed by atoms with E-state index in [-0.39, 0.29) is 0 Å². The van der Waals surface area contributed by atoms with Gasteiger partial charge in [-0.3, -0.25) is 0 Å². The molecule has 3 N–H and O–H groups in total. The van der Waals surface area contributed by atoms with Crippen molar-refractivity contribution in [3.63, 3.8) is 0 Å². The summed E-state index contributed by atoms with van der Waals surface area (Å²) in [6, 6.07) is 7.38. The van der Waals surface area contributed by atoms with E-state index in [0.29, 0.717) is 34.0 Å². The van der Waals surface area contributed by atoms with E-state index in [4.69, 9.17) is 28.9 Å². The first kappa shape index (κ1) is 16.4. The third kappa shape index (κ3) is 4.74. The standard InChI is InChI=1S/C14H16Cl2N4S/c1-9-7-13(18-6-5-17)20-14(19-9)21-8-10-11(15)3-2-4-12(10)16/h2-4,7H,5-6,8,17H2,1H3,(H,18,19,20). The fourth-order valence-corrected chi connectivity index (χ4v) is 3.35. The maximum Gasteiger partial charge on any atom is 0.190 e. The summed E-state index contributed by atoms with van der Waals surface area (Å²) in [5.74, 6) is 1.40. The molecule has 1 aromatic carbocycles. The number of nitrogens with two attached hydrogens (primary N) is 1. The Hall–Kier alpha value is -1.01. The first-order chi connectivity index (χ1) is 10.1. The predicted molar refractivity (Wildman–Crippen MR) is 90.3 cm³/mol. The van der Waals surface area contributed by atoms with E-state index in [1.54, 1.807) is 0 Å². The van der Waals surface area contributed by atoms with E-state index in [2.05, 4.69) is 15.3 Å². The van der Waals surface area contributed by atoms with Crippen LogP contribution in [0.4, 0.5) is 5.82 Å². The van der Waals surface area contributed by atoms with E-state index in [1.165, 1.54) is 11.8 Å². The van der Waals surface area contributed by atoms with Crippen molar-refractivity contribution in [2.24, 2.45) is 5.73 Å². The number of hydrogen-bond donors (Lipinski definition) is 2. The molecule has 0 bridgehead atoms. The van der Waals surface area contributed by atoms with E-state index < -0.39 is 0 Å². The van der Waals surface area contributed by atoms with Crippen molar-refractivity contribution in [2.75, 3.05) is 18.4 Å². The largest absolute Gasteiger partial charge is 0.369 e. The van der Waals surface area contributed by atoms with Gasteiger partial charge in [0.1, 0.15) is 5.82 Å². The van der Waals surface area contributed by atoms with Gasteiger partial charge in [-0.15, -0.1) is 0 Å². The maximum absolute atomic E-state index is 6.16. The number of thioether (sulfide) groups is 1. The first-order valence-electron chi connectivity index (χ1n) is 6.45. The monoisotopic (exact) mass is 342 g/mol. The molecule has 0 aliphatic rings. The number of benzene rings is 1. The van der Waals surface area contributed by atoms with Crippen LogP contribution < -0.4 is 11.1 Å². The predicted octanol–water partition coefficient (Wildman–Crippen LogP) is 3.75. The van der Waals surface area contributed by atoms with E-state index in [0.717, 1.165) is 17.1 Å². The van der Waals surface area contributed by atoms with Gasteiger partial charge >= 0.3 is 0 Å². The van der Waals surface area contributed by atoms with Crippen LogP contribution in [-0.2, 0) is 5.75 Å². The van der Waals surface area contributed by atoms with Crippen molar-refractivity contribution in [3.8, 4) is 0 Å². The van der Waals surface area contributed by atoms with Crippen LogP contribution in [0.3, 0.4) is 0 Å². The van der Waals surface area contributed by atoms with Crippen LogP contribution in [0, 0.1) is 6.92 Å². The molecule has 1 heterocycles. The Balaban J connectivity index is 2.11. The Morgan fingerprint density at radius 3 is 2.62 bits per heavy atom. The first-order valence-corrected chi connectivity index (χ1v) is 8.19. The number of nitrogens with zero attached hydrogens (tertiary/aromatic N) is 2. The normalized spacial score (nSPS) is 10.7. The summed E-state index contributed by atoms with van der Waals surface area (Å²) < 4.78 is 0. The molecule has 0 unspecified atom stereocenters. The number of hydrogen-bond acceptors (Lipinski definition) is 5. The van der Waals surface area contributed by atoms with Crippen molar-refractivity contribution in [2.45, 2.75) is 17.8 Å². The minimum atomic E-state index is 0.556. The molecular formula is C14H16Cl2N4S. The van der Waals surface area contributed by atoms with E-state index in [1.807, 2.05) is 31.2 Å². The average molecular weight is 343 g/mol. The van der Waals surface area contributed by atoms with Crippen molar-refractivity contribution < 1.29 is 0 Å². The Morgan fingerprint density at radius 2 is 1.95 bits per heavy atom. The van der Waals surface area contributed by atoms with Crippen molar-refractivity contribution in [3.05, 3.63) is 45.6 Å². The minimum absolute atomic E-state index is 0.556. The summed E-state index contributed by atoms with van der Waals surface area (Å²) in [7, 11) is 0. The summed E-state index contributed by atoms with van der Waals surface area (Å²) >= 11 is 13.8. The van der Waals surface area contributed by atoms with Gasteiger partial charge in [-0.25, -0.2) is 9.97 Å². The molecule has 7 heteroatoms. The zero-order valence-corrected chi connectivity index (χ0v) is 13.9. The van der Waals surface area contributed by atoms with Crippen molar-refractivity contribution >= 4 is 40.8 Å². The molecule has 0 saturated carbocycles. The Morgan fingerprint density at radius 1 is 1.24 bits per heavy atom. The Kier molecular flexibility index (Phi) is 6.11. The van der Waals surface area contributed by atoms with Gasteiger partial charge < -0.3 is 11.1 Å². The second-order valence-corrected chi connectivity index (χ2v) is 6.14. The van der Waals surface area contributed by atoms with E-state index in [9.17, 15) is 0 Å². The van der Waals surface area contributed by atoms with Crippen LogP contribution in [0.1, 0.15) is 11.3 Å². The third-order valence-electron chi connectivity index (χ3n) is 2.69. The van der Waals surface area contributed by atoms with Gasteiger partial charge in [0.2, 0.25) is 0 Å². The fourth-order valence-electron chi connectivity index (χ4n) is 1.70. The SMILES string of the molecule is Cc1cc(NCCN)nc(SCc2c(Cl)cccc2Cl)n1. The highest BCUT2D eigenvalue weighted by Gasteiger charge is 2.08. The lowest BCUT2D eigenvalue weighted by molar-refractivity contribution is 0.916. The Bertz CT molecular complexity index is 602. The highest BCUT2D eigenvalue weighted by Crippen LogP contribution is 2.30. The number of halogens is 2. The summed E-state index contributed by atoms with van der Waals surface area (Å²) in [5.41, 5.74) is 7.28. The number of aromatic nitrogens is 2. The number of nitrogens with one attached hydrogen (secondary N) is 1. The van der Waals surface area contributed by atoms with Crippen molar-refractivity contribution in [1.29, 1.82) is 0 Å². The molecule has 0 saturated heterocycles.